The van der Waals surface area contributed by atoms with E-state index in [1.54, 1.807) is 18.2 Å². The number of hydrogen-bond donors (Lipinski definition) is 0. The summed E-state index contributed by atoms with van der Waals surface area (Å²) in [4.78, 5) is 15.1. The summed E-state index contributed by atoms with van der Waals surface area (Å²) in [7, 11) is 1.30. The fourth-order valence-electron chi connectivity index (χ4n) is 1.27. The van der Waals surface area contributed by atoms with E-state index in [0.29, 0.717) is 10.8 Å². The Hall–Kier alpha value is -1.40. The van der Waals surface area contributed by atoms with Crippen molar-refractivity contribution in [3.63, 3.8) is 0 Å². The minimum atomic E-state index is -0.428. The second kappa shape index (κ2) is 5.49. The minimum Gasteiger partial charge on any atom is -0.469 e. The Bertz CT molecular complexity index is 585. The van der Waals surface area contributed by atoms with Gasteiger partial charge in [0, 0.05) is 10.0 Å². The van der Waals surface area contributed by atoms with Crippen LogP contribution in [0.25, 0.3) is 11.4 Å². The lowest BCUT2D eigenvalue weighted by atomic mass is 10.2. The van der Waals surface area contributed by atoms with Gasteiger partial charge in [-0.05, 0) is 34.1 Å². The zero-order chi connectivity index (χ0) is 13.1. The Morgan fingerprint density at radius 3 is 3.00 bits per heavy atom. The first-order valence-electron chi connectivity index (χ1n) is 4.95. The Kier molecular flexibility index (Phi) is 3.98. The molecular formula is C11H8BrClN2O3. The molecule has 0 unspecified atom stereocenters. The molecule has 18 heavy (non-hydrogen) atoms. The molecule has 0 spiro atoms. The lowest BCUT2D eigenvalue weighted by Crippen LogP contribution is -2.04. The molecule has 2 rings (SSSR count). The fourth-order valence-corrected chi connectivity index (χ4v) is 1.77. The van der Waals surface area contributed by atoms with Crippen LogP contribution in [0.4, 0.5) is 0 Å². The predicted octanol–water partition coefficient (Wildman–Crippen LogP) is 2.87. The van der Waals surface area contributed by atoms with Crippen molar-refractivity contribution in [2.75, 3.05) is 7.11 Å². The van der Waals surface area contributed by atoms with E-state index < -0.39 is 5.97 Å². The van der Waals surface area contributed by atoms with E-state index >= 15 is 0 Å². The van der Waals surface area contributed by atoms with Gasteiger partial charge in [0.2, 0.25) is 11.7 Å². The maximum atomic E-state index is 11.1. The summed E-state index contributed by atoms with van der Waals surface area (Å²) in [6.07, 6.45) is -0.0434. The van der Waals surface area contributed by atoms with Crippen molar-refractivity contribution >= 4 is 33.5 Å². The summed E-state index contributed by atoms with van der Waals surface area (Å²) < 4.78 is 10.2. The van der Waals surface area contributed by atoms with Gasteiger partial charge in [0.1, 0.15) is 6.42 Å². The number of rotatable bonds is 3. The van der Waals surface area contributed by atoms with Crippen molar-refractivity contribution in [2.24, 2.45) is 0 Å². The fraction of sp³-hybridized carbons (Fsp3) is 0.182. The highest BCUT2D eigenvalue weighted by atomic mass is 79.9. The number of carbonyl (C=O) groups is 1. The molecule has 0 aliphatic heterocycles. The van der Waals surface area contributed by atoms with Crippen molar-refractivity contribution in [1.82, 2.24) is 10.1 Å². The molecular weight excluding hydrogens is 323 g/mol. The van der Waals surface area contributed by atoms with Crippen LogP contribution >= 0.6 is 27.5 Å². The molecule has 0 amide bonds. The van der Waals surface area contributed by atoms with E-state index in [-0.39, 0.29) is 12.3 Å². The first kappa shape index (κ1) is 13.0. The van der Waals surface area contributed by atoms with Gasteiger partial charge in [-0.25, -0.2) is 0 Å². The van der Waals surface area contributed by atoms with Gasteiger partial charge in [-0.3, -0.25) is 4.79 Å². The van der Waals surface area contributed by atoms with Crippen LogP contribution in [0.15, 0.2) is 27.2 Å². The van der Waals surface area contributed by atoms with Gasteiger partial charge in [0.15, 0.2) is 0 Å². The molecule has 0 N–H and O–H groups in total. The van der Waals surface area contributed by atoms with Gasteiger partial charge >= 0.3 is 5.97 Å². The minimum absolute atomic E-state index is 0.0434. The summed E-state index contributed by atoms with van der Waals surface area (Å²) >= 11 is 9.20. The van der Waals surface area contributed by atoms with Gasteiger partial charge in [0.05, 0.1) is 12.1 Å². The number of hydrogen-bond acceptors (Lipinski definition) is 5. The van der Waals surface area contributed by atoms with E-state index in [0.717, 1.165) is 10.0 Å². The number of benzene rings is 1. The summed E-state index contributed by atoms with van der Waals surface area (Å²) in [6, 6.07) is 5.26. The summed E-state index contributed by atoms with van der Waals surface area (Å²) in [5.41, 5.74) is 0.742. The maximum Gasteiger partial charge on any atom is 0.315 e. The van der Waals surface area contributed by atoms with Crippen LogP contribution in [-0.4, -0.2) is 23.2 Å². The largest absolute Gasteiger partial charge is 0.469 e. The SMILES string of the molecule is COC(=O)Cc1nc(-c2ccc(Cl)c(Br)c2)no1. The number of methoxy groups -OCH3 is 1. The molecule has 1 aromatic carbocycles. The lowest BCUT2D eigenvalue weighted by Gasteiger charge is -1.97. The number of halogens is 2. The number of nitrogens with zero attached hydrogens (tertiary/aromatic N) is 2. The third-order valence-electron chi connectivity index (χ3n) is 2.17. The molecule has 1 aromatic heterocycles. The topological polar surface area (TPSA) is 65.2 Å². The first-order chi connectivity index (χ1) is 8.60. The normalized spacial score (nSPS) is 10.4. The van der Waals surface area contributed by atoms with Crippen molar-refractivity contribution < 1.29 is 14.1 Å². The smallest absolute Gasteiger partial charge is 0.315 e. The Morgan fingerprint density at radius 2 is 2.33 bits per heavy atom. The third-order valence-corrected chi connectivity index (χ3v) is 3.38. The van der Waals surface area contributed by atoms with Gasteiger partial charge in [-0.2, -0.15) is 4.98 Å². The van der Waals surface area contributed by atoms with Crippen LogP contribution in [-0.2, 0) is 16.0 Å². The average Bonchev–Trinajstić information content (AvgIpc) is 2.81. The molecule has 0 aliphatic rings. The molecule has 7 heteroatoms. The summed E-state index contributed by atoms with van der Waals surface area (Å²) in [5.74, 6) is 0.177. The quantitative estimate of drug-likeness (QED) is 0.809. The zero-order valence-corrected chi connectivity index (χ0v) is 11.7. The molecule has 0 bridgehead atoms. The van der Waals surface area contributed by atoms with E-state index in [2.05, 4.69) is 30.8 Å². The molecule has 94 valence electrons. The second-order valence-corrected chi connectivity index (χ2v) is 4.66. The molecule has 0 fully saturated rings. The van der Waals surface area contributed by atoms with Crippen molar-refractivity contribution in [3.8, 4) is 11.4 Å². The molecule has 0 radical (unpaired) electrons. The van der Waals surface area contributed by atoms with Crippen LogP contribution in [0.2, 0.25) is 5.02 Å². The highest BCUT2D eigenvalue weighted by molar-refractivity contribution is 9.10. The Labute approximate surface area is 116 Å². The van der Waals surface area contributed by atoms with Crippen molar-refractivity contribution in [2.45, 2.75) is 6.42 Å². The monoisotopic (exact) mass is 330 g/mol. The summed E-state index contributed by atoms with van der Waals surface area (Å²) in [5, 5.41) is 4.38. The van der Waals surface area contributed by atoms with Gasteiger partial charge in [0.25, 0.3) is 0 Å². The summed E-state index contributed by atoms with van der Waals surface area (Å²) in [6.45, 7) is 0. The van der Waals surface area contributed by atoms with E-state index in [4.69, 9.17) is 16.1 Å². The highest BCUT2D eigenvalue weighted by Gasteiger charge is 2.13. The van der Waals surface area contributed by atoms with Crippen LogP contribution in [0.5, 0.6) is 0 Å². The molecule has 0 atom stereocenters. The Morgan fingerprint density at radius 1 is 1.56 bits per heavy atom. The number of esters is 1. The van der Waals surface area contributed by atoms with Crippen molar-refractivity contribution in [1.29, 1.82) is 0 Å². The van der Waals surface area contributed by atoms with Crippen LogP contribution in [0, 0.1) is 0 Å². The first-order valence-corrected chi connectivity index (χ1v) is 6.12. The van der Waals surface area contributed by atoms with Crippen LogP contribution < -0.4 is 0 Å². The number of aromatic nitrogens is 2. The predicted molar refractivity (Wildman–Crippen MR) is 68.2 cm³/mol. The van der Waals surface area contributed by atoms with Crippen LogP contribution in [0.3, 0.4) is 0 Å². The molecule has 0 saturated carbocycles. The van der Waals surface area contributed by atoms with E-state index in [1.165, 1.54) is 7.11 Å². The molecule has 5 nitrogen and oxygen atoms in total. The standard InChI is InChI=1S/C11H8BrClN2O3/c1-17-10(16)5-9-14-11(15-18-9)6-2-3-8(13)7(12)4-6/h2-4H,5H2,1H3. The van der Waals surface area contributed by atoms with Gasteiger partial charge < -0.3 is 9.26 Å². The van der Waals surface area contributed by atoms with E-state index in [9.17, 15) is 4.79 Å². The molecule has 0 saturated heterocycles. The number of ether oxygens (including phenoxy) is 1. The highest BCUT2D eigenvalue weighted by Crippen LogP contribution is 2.27. The van der Waals surface area contributed by atoms with Gasteiger partial charge in [-0.15, -0.1) is 0 Å². The van der Waals surface area contributed by atoms with Gasteiger partial charge in [-0.1, -0.05) is 16.8 Å². The molecule has 0 aliphatic carbocycles. The Balaban J connectivity index is 2.23. The molecule has 2 aromatic rings. The van der Waals surface area contributed by atoms with Crippen molar-refractivity contribution in [3.05, 3.63) is 33.6 Å². The molecule has 1 heterocycles. The average molecular weight is 332 g/mol. The zero-order valence-electron chi connectivity index (χ0n) is 9.31. The van der Waals surface area contributed by atoms with E-state index in [1.807, 2.05) is 0 Å². The maximum absolute atomic E-state index is 11.1. The third kappa shape index (κ3) is 2.88. The second-order valence-electron chi connectivity index (χ2n) is 3.39. The van der Waals surface area contributed by atoms with Crippen LogP contribution in [0.1, 0.15) is 5.89 Å². The lowest BCUT2D eigenvalue weighted by molar-refractivity contribution is -0.140. The number of carbonyl (C=O) groups excluding carboxylic acids is 1.